The molecule has 0 aliphatic heterocycles. The number of benzene rings is 1. The van der Waals surface area contributed by atoms with E-state index in [0.29, 0.717) is 11.2 Å². The fraction of sp³-hybridized carbons (Fsp3) is 0.0769. The molecule has 2 heterocycles. The Morgan fingerprint density at radius 3 is 2.84 bits per heavy atom. The van der Waals surface area contributed by atoms with E-state index in [9.17, 15) is 9.90 Å². The minimum Gasteiger partial charge on any atom is -0.506 e. The number of hydrogen-bond donors (Lipinski definition) is 4. The molecule has 96 valence electrons. The van der Waals surface area contributed by atoms with Gasteiger partial charge in [0.2, 0.25) is 0 Å². The Labute approximate surface area is 107 Å². The van der Waals surface area contributed by atoms with Crippen LogP contribution in [0.25, 0.3) is 22.2 Å². The molecule has 0 fully saturated rings. The van der Waals surface area contributed by atoms with Crippen molar-refractivity contribution in [1.29, 1.82) is 0 Å². The molecule has 0 aliphatic rings. The minimum absolute atomic E-state index is 0.0314. The van der Waals surface area contributed by atoms with Gasteiger partial charge < -0.3 is 15.2 Å². The molecule has 3 aromatic rings. The first-order chi connectivity index (χ1) is 9.08. The van der Waals surface area contributed by atoms with Crippen molar-refractivity contribution < 1.29 is 15.0 Å². The largest absolute Gasteiger partial charge is 0.506 e. The van der Waals surface area contributed by atoms with Crippen LogP contribution in [0.4, 0.5) is 0 Å². The summed E-state index contributed by atoms with van der Waals surface area (Å²) in [5, 5.41) is 26.0. The normalized spacial score (nSPS) is 11.0. The predicted octanol–water partition coefficient (Wildman–Crippen LogP) is 2.27. The van der Waals surface area contributed by atoms with Crippen molar-refractivity contribution in [2.75, 3.05) is 0 Å². The molecule has 0 bridgehead atoms. The predicted molar refractivity (Wildman–Crippen MR) is 69.2 cm³/mol. The maximum atomic E-state index is 10.9. The summed E-state index contributed by atoms with van der Waals surface area (Å²) in [4.78, 5) is 13.9. The quantitative estimate of drug-likeness (QED) is 0.565. The van der Waals surface area contributed by atoms with E-state index in [1.165, 1.54) is 6.07 Å². The number of nitrogens with one attached hydrogen (secondary N) is 2. The van der Waals surface area contributed by atoms with Crippen molar-refractivity contribution in [3.05, 3.63) is 35.7 Å². The summed E-state index contributed by atoms with van der Waals surface area (Å²) >= 11 is 0. The Morgan fingerprint density at radius 2 is 2.16 bits per heavy atom. The van der Waals surface area contributed by atoms with Gasteiger partial charge >= 0.3 is 5.97 Å². The summed E-state index contributed by atoms with van der Waals surface area (Å²) in [6.45, 7) is 1.85. The van der Waals surface area contributed by atoms with Crippen LogP contribution in [0.15, 0.2) is 24.3 Å². The lowest BCUT2D eigenvalue weighted by molar-refractivity contribution is 0.0690. The van der Waals surface area contributed by atoms with Crippen LogP contribution < -0.4 is 0 Å². The Hall–Kier alpha value is -2.76. The number of aromatic carboxylic acids is 1. The average molecular weight is 257 g/mol. The van der Waals surface area contributed by atoms with E-state index in [1.54, 1.807) is 12.1 Å². The van der Waals surface area contributed by atoms with Gasteiger partial charge in [-0.25, -0.2) is 4.79 Å². The Bertz CT molecular complexity index is 786. The number of carbonyl (C=O) groups is 1. The van der Waals surface area contributed by atoms with Gasteiger partial charge in [-0.3, -0.25) is 5.10 Å². The van der Waals surface area contributed by atoms with Gasteiger partial charge in [-0.1, -0.05) is 12.1 Å². The molecule has 0 saturated heterocycles. The summed E-state index contributed by atoms with van der Waals surface area (Å²) in [7, 11) is 0. The molecule has 0 saturated carbocycles. The number of aromatic amines is 2. The lowest BCUT2D eigenvalue weighted by Gasteiger charge is -1.96. The van der Waals surface area contributed by atoms with Gasteiger partial charge in [-0.05, 0) is 19.1 Å². The van der Waals surface area contributed by atoms with E-state index in [0.717, 1.165) is 16.6 Å². The van der Waals surface area contributed by atoms with Crippen molar-refractivity contribution in [1.82, 2.24) is 15.2 Å². The summed E-state index contributed by atoms with van der Waals surface area (Å²) in [6.07, 6.45) is 0. The molecule has 6 nitrogen and oxygen atoms in total. The third-order valence-electron chi connectivity index (χ3n) is 3.06. The molecule has 0 unspecified atom stereocenters. The summed E-state index contributed by atoms with van der Waals surface area (Å²) in [5.41, 5.74) is 2.79. The van der Waals surface area contributed by atoms with Crippen molar-refractivity contribution >= 4 is 16.9 Å². The summed E-state index contributed by atoms with van der Waals surface area (Å²) in [6, 6.07) is 6.65. The number of phenolic OH excluding ortho intramolecular Hbond substituents is 1. The second-order valence-corrected chi connectivity index (χ2v) is 4.30. The number of aromatic nitrogens is 3. The maximum Gasteiger partial charge on any atom is 0.353 e. The second kappa shape index (κ2) is 3.88. The smallest absolute Gasteiger partial charge is 0.353 e. The zero-order valence-corrected chi connectivity index (χ0v) is 10.1. The molecule has 19 heavy (non-hydrogen) atoms. The highest BCUT2D eigenvalue weighted by molar-refractivity contribution is 6.00. The minimum atomic E-state index is -1.06. The molecular weight excluding hydrogens is 246 g/mol. The number of aryl methyl sites for hydroxylation is 1. The van der Waals surface area contributed by atoms with Gasteiger partial charge in [0.1, 0.15) is 11.4 Å². The van der Waals surface area contributed by atoms with Crippen LogP contribution in [0, 0.1) is 6.92 Å². The van der Waals surface area contributed by atoms with Crippen LogP contribution in [0.1, 0.15) is 16.2 Å². The Kier molecular flexibility index (Phi) is 2.31. The van der Waals surface area contributed by atoms with E-state index in [4.69, 9.17) is 5.11 Å². The van der Waals surface area contributed by atoms with Crippen LogP contribution >= 0.6 is 0 Å². The standard InChI is InChI=1S/C13H11N3O3/c1-6-11(8-5-9(13(18)19)16-15-8)7-3-2-4-10(17)12(7)14-6/h2-5,14,17H,1H3,(H,15,16)(H,18,19). The maximum absolute atomic E-state index is 10.9. The molecule has 4 N–H and O–H groups in total. The second-order valence-electron chi connectivity index (χ2n) is 4.30. The van der Waals surface area contributed by atoms with Crippen LogP contribution in [-0.2, 0) is 0 Å². The number of rotatable bonds is 2. The van der Waals surface area contributed by atoms with Gasteiger partial charge in [-0.2, -0.15) is 5.10 Å². The molecule has 0 radical (unpaired) electrons. The highest BCUT2D eigenvalue weighted by atomic mass is 16.4. The molecule has 2 aromatic heterocycles. The zero-order valence-electron chi connectivity index (χ0n) is 10.1. The lowest BCUT2D eigenvalue weighted by atomic mass is 10.1. The van der Waals surface area contributed by atoms with Crippen LogP contribution in [0.3, 0.4) is 0 Å². The summed E-state index contributed by atoms with van der Waals surface area (Å²) in [5.74, 6) is -0.903. The number of para-hydroxylation sites is 1. The highest BCUT2D eigenvalue weighted by Gasteiger charge is 2.16. The number of carboxylic acid groups (broad SMARTS) is 1. The third-order valence-corrected chi connectivity index (χ3v) is 3.06. The number of fused-ring (bicyclic) bond motifs is 1. The van der Waals surface area contributed by atoms with E-state index in [-0.39, 0.29) is 11.4 Å². The number of aromatic hydroxyl groups is 1. The van der Waals surface area contributed by atoms with Gasteiger partial charge in [0, 0.05) is 16.6 Å². The Balaban J connectivity index is 2.26. The van der Waals surface area contributed by atoms with Crippen molar-refractivity contribution in [2.24, 2.45) is 0 Å². The Morgan fingerprint density at radius 1 is 1.37 bits per heavy atom. The third kappa shape index (κ3) is 1.65. The van der Waals surface area contributed by atoms with Crippen molar-refractivity contribution in [3.63, 3.8) is 0 Å². The average Bonchev–Trinajstić information content (AvgIpc) is 2.93. The van der Waals surface area contributed by atoms with Crippen LogP contribution in [0.2, 0.25) is 0 Å². The number of nitrogens with zero attached hydrogens (tertiary/aromatic N) is 1. The molecule has 0 spiro atoms. The van der Waals surface area contributed by atoms with Crippen LogP contribution in [-0.4, -0.2) is 31.4 Å². The first-order valence-corrected chi connectivity index (χ1v) is 5.67. The van der Waals surface area contributed by atoms with Crippen molar-refractivity contribution in [3.8, 4) is 17.0 Å². The van der Waals surface area contributed by atoms with Gasteiger partial charge in [0.25, 0.3) is 0 Å². The van der Waals surface area contributed by atoms with E-state index < -0.39 is 5.97 Å². The fourth-order valence-corrected chi connectivity index (χ4v) is 2.22. The lowest BCUT2D eigenvalue weighted by Crippen LogP contribution is -1.95. The van der Waals surface area contributed by atoms with E-state index in [1.807, 2.05) is 13.0 Å². The number of phenols is 1. The molecule has 0 amide bonds. The molecule has 0 aliphatic carbocycles. The topological polar surface area (TPSA) is 102 Å². The van der Waals surface area contributed by atoms with Crippen LogP contribution in [0.5, 0.6) is 5.75 Å². The first kappa shape index (κ1) is 11.3. The number of H-pyrrole nitrogens is 2. The molecule has 3 rings (SSSR count). The molecule has 0 atom stereocenters. The molecule has 1 aromatic carbocycles. The monoisotopic (exact) mass is 257 g/mol. The molecular formula is C13H11N3O3. The first-order valence-electron chi connectivity index (χ1n) is 5.67. The number of carboxylic acids is 1. The van der Waals surface area contributed by atoms with Gasteiger partial charge in [-0.15, -0.1) is 0 Å². The van der Waals surface area contributed by atoms with Gasteiger partial charge in [0.15, 0.2) is 0 Å². The SMILES string of the molecule is Cc1[nH]c2c(O)cccc2c1-c1cc(C(=O)O)[nH]n1. The van der Waals surface area contributed by atoms with Gasteiger partial charge in [0.05, 0.1) is 11.2 Å². The fourth-order valence-electron chi connectivity index (χ4n) is 2.22. The van der Waals surface area contributed by atoms with E-state index >= 15 is 0 Å². The van der Waals surface area contributed by atoms with Crippen molar-refractivity contribution in [2.45, 2.75) is 6.92 Å². The summed E-state index contributed by atoms with van der Waals surface area (Å²) < 4.78 is 0. The van der Waals surface area contributed by atoms with E-state index in [2.05, 4.69) is 15.2 Å². The number of hydrogen-bond acceptors (Lipinski definition) is 3. The highest BCUT2D eigenvalue weighted by Crippen LogP contribution is 2.34. The molecule has 6 heteroatoms. The zero-order chi connectivity index (χ0) is 13.6.